The molecule has 0 aliphatic heterocycles. The average Bonchev–Trinajstić information content (AvgIpc) is 2.47. The third-order valence-corrected chi connectivity index (χ3v) is 3.89. The minimum atomic E-state index is 0.345. The zero-order chi connectivity index (χ0) is 15.0. The highest BCUT2D eigenvalue weighted by atomic mass is 35.5. The Morgan fingerprint density at radius 1 is 1.20 bits per heavy atom. The van der Waals surface area contributed by atoms with Crippen LogP contribution < -0.4 is 16.2 Å². The first-order valence-corrected chi connectivity index (χ1v) is 7.86. The molecule has 0 spiro atoms. The Hall–Kier alpha value is -0.770. The standard InChI is InChI=1S/C16H27ClN2O/c1-3-7-20-16-6-5-14(17)9-15(16)13(4-2)8-12(10-18)11-19/h5-6,9,12-13H,3-4,7-8,10-11,18-19H2,1-2H3. The summed E-state index contributed by atoms with van der Waals surface area (Å²) in [6.45, 7) is 6.25. The molecule has 0 aromatic heterocycles. The lowest BCUT2D eigenvalue weighted by molar-refractivity contribution is 0.309. The molecule has 0 heterocycles. The molecule has 3 nitrogen and oxygen atoms in total. The summed E-state index contributed by atoms with van der Waals surface area (Å²) in [6.07, 6.45) is 3.00. The molecule has 0 aliphatic rings. The van der Waals surface area contributed by atoms with Crippen molar-refractivity contribution in [2.24, 2.45) is 17.4 Å². The lowest BCUT2D eigenvalue weighted by Crippen LogP contribution is -2.25. The molecular formula is C16H27ClN2O. The van der Waals surface area contributed by atoms with Crippen molar-refractivity contribution in [3.63, 3.8) is 0 Å². The van der Waals surface area contributed by atoms with Gasteiger partial charge in [0.1, 0.15) is 5.75 Å². The fourth-order valence-electron chi connectivity index (χ4n) is 2.39. The highest BCUT2D eigenvalue weighted by Crippen LogP contribution is 2.35. The van der Waals surface area contributed by atoms with Crippen molar-refractivity contribution in [1.29, 1.82) is 0 Å². The van der Waals surface area contributed by atoms with Gasteiger partial charge < -0.3 is 16.2 Å². The second kappa shape index (κ2) is 9.22. The number of halogens is 1. The average molecular weight is 299 g/mol. The smallest absolute Gasteiger partial charge is 0.122 e. The summed E-state index contributed by atoms with van der Waals surface area (Å²) in [5, 5.41) is 0.749. The van der Waals surface area contributed by atoms with Crippen molar-refractivity contribution >= 4 is 11.6 Å². The molecule has 0 fully saturated rings. The molecule has 0 saturated heterocycles. The first-order valence-electron chi connectivity index (χ1n) is 7.48. The van der Waals surface area contributed by atoms with Gasteiger partial charge in [-0.05, 0) is 68.0 Å². The summed E-state index contributed by atoms with van der Waals surface area (Å²) in [5.41, 5.74) is 12.7. The Balaban J connectivity index is 2.96. The van der Waals surface area contributed by atoms with Gasteiger partial charge in [0, 0.05) is 5.02 Å². The van der Waals surface area contributed by atoms with Crippen LogP contribution in [0.2, 0.25) is 5.02 Å². The number of hydrogen-bond donors (Lipinski definition) is 2. The summed E-state index contributed by atoms with van der Waals surface area (Å²) < 4.78 is 5.85. The van der Waals surface area contributed by atoms with Crippen LogP contribution in [-0.2, 0) is 0 Å². The van der Waals surface area contributed by atoms with Crippen LogP contribution in [0.1, 0.15) is 44.6 Å². The van der Waals surface area contributed by atoms with E-state index in [-0.39, 0.29) is 0 Å². The van der Waals surface area contributed by atoms with Gasteiger partial charge in [-0.1, -0.05) is 25.4 Å². The third-order valence-electron chi connectivity index (χ3n) is 3.65. The normalized spacial score (nSPS) is 12.7. The Morgan fingerprint density at radius 2 is 1.90 bits per heavy atom. The van der Waals surface area contributed by atoms with Gasteiger partial charge in [-0.3, -0.25) is 0 Å². The van der Waals surface area contributed by atoms with E-state index in [0.29, 0.717) is 24.9 Å². The van der Waals surface area contributed by atoms with E-state index < -0.39 is 0 Å². The second-order valence-electron chi connectivity index (χ2n) is 5.21. The van der Waals surface area contributed by atoms with Gasteiger partial charge in [-0.15, -0.1) is 0 Å². The summed E-state index contributed by atoms with van der Waals surface area (Å²) in [5.74, 6) is 1.67. The van der Waals surface area contributed by atoms with E-state index in [4.69, 9.17) is 27.8 Å². The minimum absolute atomic E-state index is 0.345. The van der Waals surface area contributed by atoms with Gasteiger partial charge in [0.2, 0.25) is 0 Å². The van der Waals surface area contributed by atoms with Crippen molar-refractivity contribution in [2.75, 3.05) is 19.7 Å². The molecule has 1 unspecified atom stereocenters. The molecule has 114 valence electrons. The lowest BCUT2D eigenvalue weighted by atomic mass is 9.86. The number of nitrogens with two attached hydrogens (primary N) is 2. The fourth-order valence-corrected chi connectivity index (χ4v) is 2.57. The molecule has 0 saturated carbocycles. The molecule has 0 aliphatic carbocycles. The minimum Gasteiger partial charge on any atom is -0.493 e. The molecule has 1 aromatic rings. The van der Waals surface area contributed by atoms with E-state index in [1.54, 1.807) is 0 Å². The van der Waals surface area contributed by atoms with Crippen molar-refractivity contribution in [3.05, 3.63) is 28.8 Å². The lowest BCUT2D eigenvalue weighted by Gasteiger charge is -2.23. The van der Waals surface area contributed by atoms with Crippen LogP contribution in [0.15, 0.2) is 18.2 Å². The van der Waals surface area contributed by atoms with Gasteiger partial charge in [0.15, 0.2) is 0 Å². The van der Waals surface area contributed by atoms with Crippen LogP contribution in [-0.4, -0.2) is 19.7 Å². The van der Waals surface area contributed by atoms with E-state index in [2.05, 4.69) is 13.8 Å². The fraction of sp³-hybridized carbons (Fsp3) is 0.625. The van der Waals surface area contributed by atoms with E-state index in [1.165, 1.54) is 5.56 Å². The number of hydrogen-bond acceptors (Lipinski definition) is 3. The Bertz CT molecular complexity index is 394. The molecule has 20 heavy (non-hydrogen) atoms. The van der Waals surface area contributed by atoms with Crippen molar-refractivity contribution in [1.82, 2.24) is 0 Å². The van der Waals surface area contributed by atoms with Gasteiger partial charge in [-0.2, -0.15) is 0 Å². The number of rotatable bonds is 9. The van der Waals surface area contributed by atoms with Crippen LogP contribution in [0.4, 0.5) is 0 Å². The van der Waals surface area contributed by atoms with Gasteiger partial charge in [-0.25, -0.2) is 0 Å². The Labute approximate surface area is 127 Å². The summed E-state index contributed by atoms with van der Waals surface area (Å²) in [6, 6.07) is 5.87. The highest BCUT2D eigenvalue weighted by Gasteiger charge is 2.19. The molecule has 0 radical (unpaired) electrons. The van der Waals surface area contributed by atoms with Crippen LogP contribution >= 0.6 is 11.6 Å². The van der Waals surface area contributed by atoms with Crippen LogP contribution in [0.25, 0.3) is 0 Å². The maximum atomic E-state index is 6.15. The van der Waals surface area contributed by atoms with Gasteiger partial charge >= 0.3 is 0 Å². The monoisotopic (exact) mass is 298 g/mol. The quantitative estimate of drug-likeness (QED) is 0.733. The van der Waals surface area contributed by atoms with Crippen molar-refractivity contribution < 1.29 is 4.74 Å². The predicted molar refractivity (Wildman–Crippen MR) is 86.5 cm³/mol. The van der Waals surface area contributed by atoms with Crippen LogP contribution in [0.5, 0.6) is 5.75 Å². The predicted octanol–water partition coefficient (Wildman–Crippen LogP) is 3.55. The maximum Gasteiger partial charge on any atom is 0.122 e. The number of ether oxygens (including phenoxy) is 1. The second-order valence-corrected chi connectivity index (χ2v) is 5.65. The molecule has 0 bridgehead atoms. The van der Waals surface area contributed by atoms with Gasteiger partial charge in [0.05, 0.1) is 6.61 Å². The molecule has 1 aromatic carbocycles. The molecule has 4 heteroatoms. The molecule has 1 rings (SSSR count). The van der Waals surface area contributed by atoms with E-state index in [9.17, 15) is 0 Å². The molecule has 1 atom stereocenters. The van der Waals surface area contributed by atoms with E-state index in [0.717, 1.165) is 36.6 Å². The summed E-state index contributed by atoms with van der Waals surface area (Å²) in [7, 11) is 0. The molecule has 0 amide bonds. The van der Waals surface area contributed by atoms with Crippen molar-refractivity contribution in [3.8, 4) is 5.75 Å². The highest BCUT2D eigenvalue weighted by molar-refractivity contribution is 6.30. The van der Waals surface area contributed by atoms with Gasteiger partial charge in [0.25, 0.3) is 0 Å². The zero-order valence-corrected chi connectivity index (χ0v) is 13.3. The topological polar surface area (TPSA) is 61.3 Å². The van der Waals surface area contributed by atoms with Crippen LogP contribution in [0, 0.1) is 5.92 Å². The summed E-state index contributed by atoms with van der Waals surface area (Å²) in [4.78, 5) is 0. The Morgan fingerprint density at radius 3 is 2.45 bits per heavy atom. The van der Waals surface area contributed by atoms with E-state index in [1.807, 2.05) is 18.2 Å². The van der Waals surface area contributed by atoms with Crippen molar-refractivity contribution in [2.45, 2.75) is 39.0 Å². The SMILES string of the molecule is CCCOc1ccc(Cl)cc1C(CC)CC(CN)CN. The summed E-state index contributed by atoms with van der Waals surface area (Å²) >= 11 is 6.15. The first-order chi connectivity index (χ1) is 9.65. The van der Waals surface area contributed by atoms with E-state index >= 15 is 0 Å². The Kier molecular flexibility index (Phi) is 7.97. The zero-order valence-electron chi connectivity index (χ0n) is 12.6. The third kappa shape index (κ3) is 4.97. The number of benzene rings is 1. The maximum absolute atomic E-state index is 6.15. The molecule has 4 N–H and O–H groups in total. The first kappa shape index (κ1) is 17.3. The van der Waals surface area contributed by atoms with Crippen LogP contribution in [0.3, 0.4) is 0 Å². The largest absolute Gasteiger partial charge is 0.493 e. The molecular weight excluding hydrogens is 272 g/mol.